The third kappa shape index (κ3) is 3.34. The first-order valence-electron chi connectivity index (χ1n) is 6.79. The number of anilines is 1. The minimum atomic E-state index is -0.303. The Kier molecular flexibility index (Phi) is 4.19. The van der Waals surface area contributed by atoms with Gasteiger partial charge in [0.2, 0.25) is 5.88 Å². The fourth-order valence-corrected chi connectivity index (χ4v) is 2.61. The molecular formula is C14H15N5O2S. The Bertz CT molecular complexity index is 736. The number of urea groups is 1. The first-order valence-corrected chi connectivity index (χ1v) is 7.67. The molecule has 2 N–H and O–H groups in total. The number of pyridine rings is 1. The molecule has 0 atom stereocenters. The van der Waals surface area contributed by atoms with Crippen molar-refractivity contribution in [1.82, 2.24) is 19.7 Å². The summed E-state index contributed by atoms with van der Waals surface area (Å²) in [6.07, 6.45) is 5.38. The predicted octanol–water partition coefficient (Wildman–Crippen LogP) is 2.51. The Morgan fingerprint density at radius 2 is 2.36 bits per heavy atom. The monoisotopic (exact) mass is 317 g/mol. The fourth-order valence-electron chi connectivity index (χ4n) is 1.89. The summed E-state index contributed by atoms with van der Waals surface area (Å²) in [6, 6.07) is 3.15. The Balaban J connectivity index is 1.52. The molecule has 3 rings (SSSR count). The largest absolute Gasteiger partial charge is 0.478 e. The number of carbonyl (C=O) groups is 1. The molecule has 0 unspecified atom stereocenters. The van der Waals surface area contributed by atoms with E-state index in [-0.39, 0.29) is 6.03 Å². The van der Waals surface area contributed by atoms with Crippen LogP contribution in [0.3, 0.4) is 0 Å². The van der Waals surface area contributed by atoms with Gasteiger partial charge in [-0.15, -0.1) is 11.3 Å². The molecule has 22 heavy (non-hydrogen) atoms. The van der Waals surface area contributed by atoms with Crippen molar-refractivity contribution < 1.29 is 9.53 Å². The van der Waals surface area contributed by atoms with E-state index in [9.17, 15) is 4.79 Å². The molecule has 114 valence electrons. The molecule has 0 spiro atoms. The summed E-state index contributed by atoms with van der Waals surface area (Å²) in [6.45, 7) is 2.81. The standard InChI is InChI=1S/C14H15N5O2S/c1-2-21-12-4-3-10(7-15-12)17-13(20)16-8-11-9-19-5-6-22-14(19)18-11/h3-7,9H,2,8H2,1H3,(H2,16,17,20). The van der Waals surface area contributed by atoms with Crippen LogP contribution in [0.5, 0.6) is 5.88 Å². The normalized spacial score (nSPS) is 10.6. The number of fused-ring (bicyclic) bond motifs is 1. The van der Waals surface area contributed by atoms with E-state index < -0.39 is 0 Å². The number of amides is 2. The van der Waals surface area contributed by atoms with Crippen molar-refractivity contribution in [1.29, 1.82) is 0 Å². The lowest BCUT2D eigenvalue weighted by atomic mass is 10.4. The van der Waals surface area contributed by atoms with Gasteiger partial charge >= 0.3 is 6.03 Å². The number of hydrogen-bond acceptors (Lipinski definition) is 5. The van der Waals surface area contributed by atoms with Crippen LogP contribution in [-0.2, 0) is 6.54 Å². The average molecular weight is 317 g/mol. The minimum absolute atomic E-state index is 0.303. The number of nitrogens with zero attached hydrogens (tertiary/aromatic N) is 3. The van der Waals surface area contributed by atoms with E-state index in [1.54, 1.807) is 29.7 Å². The maximum atomic E-state index is 11.8. The Hall–Kier alpha value is -2.61. The summed E-state index contributed by atoms with van der Waals surface area (Å²) in [7, 11) is 0. The van der Waals surface area contributed by atoms with E-state index >= 15 is 0 Å². The molecule has 0 aliphatic heterocycles. The lowest BCUT2D eigenvalue weighted by Gasteiger charge is -2.07. The zero-order valence-corrected chi connectivity index (χ0v) is 12.8. The quantitative estimate of drug-likeness (QED) is 0.757. The molecule has 0 aliphatic rings. The van der Waals surface area contributed by atoms with E-state index in [0.717, 1.165) is 10.7 Å². The van der Waals surface area contributed by atoms with Crippen molar-refractivity contribution in [3.63, 3.8) is 0 Å². The van der Waals surface area contributed by atoms with Crippen LogP contribution < -0.4 is 15.4 Å². The third-order valence-corrected chi connectivity index (χ3v) is 3.63. The average Bonchev–Trinajstić information content (AvgIpc) is 3.08. The molecule has 0 aromatic carbocycles. The van der Waals surface area contributed by atoms with Crippen molar-refractivity contribution in [2.24, 2.45) is 0 Å². The van der Waals surface area contributed by atoms with E-state index in [0.29, 0.717) is 24.7 Å². The van der Waals surface area contributed by atoms with Crippen LogP contribution >= 0.6 is 11.3 Å². The summed E-state index contributed by atoms with van der Waals surface area (Å²) in [5.41, 5.74) is 1.42. The molecule has 0 bridgehead atoms. The second-order valence-electron chi connectivity index (χ2n) is 4.45. The van der Waals surface area contributed by atoms with Gasteiger partial charge in [-0.05, 0) is 13.0 Å². The molecule has 0 radical (unpaired) electrons. The van der Waals surface area contributed by atoms with Gasteiger partial charge in [0, 0.05) is 23.8 Å². The molecule has 0 fully saturated rings. The van der Waals surface area contributed by atoms with Crippen molar-refractivity contribution >= 4 is 28.0 Å². The smallest absolute Gasteiger partial charge is 0.319 e. The van der Waals surface area contributed by atoms with Gasteiger partial charge in [-0.2, -0.15) is 0 Å². The van der Waals surface area contributed by atoms with Gasteiger partial charge in [0.05, 0.1) is 30.7 Å². The van der Waals surface area contributed by atoms with Gasteiger partial charge in [-0.1, -0.05) is 0 Å². The van der Waals surface area contributed by atoms with Gasteiger partial charge in [0.1, 0.15) is 0 Å². The highest BCUT2D eigenvalue weighted by atomic mass is 32.1. The number of imidazole rings is 1. The molecule has 3 aromatic heterocycles. The highest BCUT2D eigenvalue weighted by Gasteiger charge is 2.06. The maximum absolute atomic E-state index is 11.8. The Labute approximate surface area is 131 Å². The van der Waals surface area contributed by atoms with Gasteiger partial charge in [0.25, 0.3) is 0 Å². The zero-order valence-electron chi connectivity index (χ0n) is 11.9. The van der Waals surface area contributed by atoms with Crippen LogP contribution in [0.2, 0.25) is 0 Å². The van der Waals surface area contributed by atoms with E-state index in [2.05, 4.69) is 20.6 Å². The van der Waals surface area contributed by atoms with E-state index in [1.165, 1.54) is 0 Å². The van der Waals surface area contributed by atoms with Gasteiger partial charge < -0.3 is 15.4 Å². The predicted molar refractivity (Wildman–Crippen MR) is 84.3 cm³/mol. The highest BCUT2D eigenvalue weighted by molar-refractivity contribution is 7.15. The second kappa shape index (κ2) is 6.44. The number of hydrogen-bond donors (Lipinski definition) is 2. The van der Waals surface area contributed by atoms with Crippen LogP contribution in [0.1, 0.15) is 12.6 Å². The third-order valence-electron chi connectivity index (χ3n) is 2.86. The van der Waals surface area contributed by atoms with Crippen molar-refractivity contribution in [2.75, 3.05) is 11.9 Å². The number of rotatable bonds is 5. The maximum Gasteiger partial charge on any atom is 0.319 e. The lowest BCUT2D eigenvalue weighted by molar-refractivity contribution is 0.251. The molecule has 8 heteroatoms. The first-order chi connectivity index (χ1) is 10.7. The zero-order chi connectivity index (χ0) is 15.4. The SMILES string of the molecule is CCOc1ccc(NC(=O)NCc2cn3ccsc3n2)cn1. The molecule has 2 amide bonds. The molecular weight excluding hydrogens is 302 g/mol. The van der Waals surface area contributed by atoms with E-state index in [1.807, 2.05) is 29.1 Å². The van der Waals surface area contributed by atoms with Gasteiger partial charge in [0.15, 0.2) is 4.96 Å². The fraction of sp³-hybridized carbons (Fsp3) is 0.214. The summed E-state index contributed by atoms with van der Waals surface area (Å²) < 4.78 is 7.17. The van der Waals surface area contributed by atoms with Gasteiger partial charge in [-0.3, -0.25) is 4.40 Å². The number of carbonyl (C=O) groups excluding carboxylic acids is 1. The molecule has 0 aliphatic carbocycles. The molecule has 0 saturated carbocycles. The van der Waals surface area contributed by atoms with Crippen LogP contribution in [0, 0.1) is 0 Å². The van der Waals surface area contributed by atoms with Crippen LogP contribution in [-0.4, -0.2) is 27.0 Å². The van der Waals surface area contributed by atoms with Crippen LogP contribution in [0.15, 0.2) is 36.1 Å². The van der Waals surface area contributed by atoms with Crippen LogP contribution in [0.4, 0.5) is 10.5 Å². The summed E-state index contributed by atoms with van der Waals surface area (Å²) in [5, 5.41) is 7.43. The summed E-state index contributed by atoms with van der Waals surface area (Å²) in [5.74, 6) is 0.534. The number of nitrogens with one attached hydrogen (secondary N) is 2. The topological polar surface area (TPSA) is 80.5 Å². The first kappa shape index (κ1) is 14.3. The van der Waals surface area contributed by atoms with Crippen molar-refractivity contribution in [2.45, 2.75) is 13.5 Å². The van der Waals surface area contributed by atoms with E-state index in [4.69, 9.17) is 4.74 Å². The number of aromatic nitrogens is 3. The Morgan fingerprint density at radius 3 is 3.09 bits per heavy atom. The van der Waals surface area contributed by atoms with Gasteiger partial charge in [-0.25, -0.2) is 14.8 Å². The van der Waals surface area contributed by atoms with Crippen molar-refractivity contribution in [3.8, 4) is 5.88 Å². The molecule has 3 aromatic rings. The summed E-state index contributed by atoms with van der Waals surface area (Å²) >= 11 is 1.55. The summed E-state index contributed by atoms with van der Waals surface area (Å²) in [4.78, 5) is 21.2. The molecule has 0 saturated heterocycles. The van der Waals surface area contributed by atoms with Crippen molar-refractivity contribution in [3.05, 3.63) is 41.8 Å². The lowest BCUT2D eigenvalue weighted by Crippen LogP contribution is -2.28. The molecule has 3 heterocycles. The second-order valence-corrected chi connectivity index (χ2v) is 5.32. The Morgan fingerprint density at radius 1 is 1.45 bits per heavy atom. The highest BCUT2D eigenvalue weighted by Crippen LogP contribution is 2.12. The number of thiazole rings is 1. The minimum Gasteiger partial charge on any atom is -0.478 e. The van der Waals surface area contributed by atoms with Crippen LogP contribution in [0.25, 0.3) is 4.96 Å². The number of ether oxygens (including phenoxy) is 1. The molecule has 7 nitrogen and oxygen atoms in total.